The fourth-order valence-electron chi connectivity index (χ4n) is 0.800. The van der Waals surface area contributed by atoms with Gasteiger partial charge in [0.2, 0.25) is 11.8 Å². The van der Waals surface area contributed by atoms with Crippen molar-refractivity contribution >= 4 is 11.8 Å². The van der Waals surface area contributed by atoms with E-state index in [0.717, 1.165) is 12.8 Å². The molecule has 0 aliphatic rings. The average molecular weight is 172 g/mol. The van der Waals surface area contributed by atoms with Gasteiger partial charge in [-0.1, -0.05) is 0 Å². The van der Waals surface area contributed by atoms with Gasteiger partial charge in [-0.05, 0) is 12.8 Å². The highest BCUT2D eigenvalue weighted by Gasteiger charge is 1.96. The summed E-state index contributed by atoms with van der Waals surface area (Å²) in [7, 11) is 1.62. The Kier molecular flexibility index (Phi) is 6.05. The third-order valence-corrected chi connectivity index (χ3v) is 1.48. The number of carbonyl (C=O) groups is 2. The lowest BCUT2D eigenvalue weighted by atomic mass is 10.2. The SMILES string of the molecule is CNC(=O)CCCCNC(C)=O. The molecule has 0 aromatic rings. The van der Waals surface area contributed by atoms with Crippen molar-refractivity contribution in [3.05, 3.63) is 0 Å². The van der Waals surface area contributed by atoms with Crippen LogP contribution < -0.4 is 10.6 Å². The van der Waals surface area contributed by atoms with Crippen LogP contribution in [0.15, 0.2) is 0 Å². The van der Waals surface area contributed by atoms with Gasteiger partial charge in [-0.2, -0.15) is 0 Å². The Morgan fingerprint density at radius 1 is 1.25 bits per heavy atom. The minimum absolute atomic E-state index is 0.0186. The second kappa shape index (κ2) is 6.64. The van der Waals surface area contributed by atoms with Crippen LogP contribution in [-0.4, -0.2) is 25.4 Å². The van der Waals surface area contributed by atoms with Gasteiger partial charge in [0.1, 0.15) is 0 Å². The van der Waals surface area contributed by atoms with Crippen LogP contribution in [0.4, 0.5) is 0 Å². The second-order valence-corrected chi connectivity index (χ2v) is 2.61. The molecular weight excluding hydrogens is 156 g/mol. The van der Waals surface area contributed by atoms with Crippen LogP contribution in [0, 0.1) is 0 Å². The van der Waals surface area contributed by atoms with Crippen LogP contribution in [0.3, 0.4) is 0 Å². The fourth-order valence-corrected chi connectivity index (χ4v) is 0.800. The van der Waals surface area contributed by atoms with Gasteiger partial charge in [-0.3, -0.25) is 9.59 Å². The van der Waals surface area contributed by atoms with Crippen molar-refractivity contribution in [3.63, 3.8) is 0 Å². The zero-order chi connectivity index (χ0) is 9.40. The molecule has 0 fully saturated rings. The molecule has 2 N–H and O–H groups in total. The molecule has 4 nitrogen and oxygen atoms in total. The average Bonchev–Trinajstić information content (AvgIpc) is 2.03. The smallest absolute Gasteiger partial charge is 0.219 e. The van der Waals surface area contributed by atoms with E-state index >= 15 is 0 Å². The Morgan fingerprint density at radius 2 is 1.92 bits per heavy atom. The van der Waals surface area contributed by atoms with Crippen LogP contribution in [0.5, 0.6) is 0 Å². The van der Waals surface area contributed by atoms with Crippen LogP contribution in [0.25, 0.3) is 0 Å². The lowest BCUT2D eigenvalue weighted by Crippen LogP contribution is -2.22. The van der Waals surface area contributed by atoms with Crippen LogP contribution >= 0.6 is 0 Å². The molecule has 4 heteroatoms. The molecule has 0 radical (unpaired) electrons. The number of amides is 2. The maximum atomic E-state index is 10.7. The Bertz CT molecular complexity index is 157. The summed E-state index contributed by atoms with van der Waals surface area (Å²) in [5.74, 6) is 0.0350. The van der Waals surface area contributed by atoms with Crippen molar-refractivity contribution in [1.29, 1.82) is 0 Å². The van der Waals surface area contributed by atoms with Crippen molar-refractivity contribution in [2.24, 2.45) is 0 Å². The first-order valence-corrected chi connectivity index (χ1v) is 4.12. The monoisotopic (exact) mass is 172 g/mol. The van der Waals surface area contributed by atoms with Crippen LogP contribution in [0.1, 0.15) is 26.2 Å². The first-order chi connectivity index (χ1) is 5.66. The molecule has 0 aromatic carbocycles. The number of rotatable bonds is 5. The van der Waals surface area contributed by atoms with Crippen molar-refractivity contribution in [3.8, 4) is 0 Å². The zero-order valence-corrected chi connectivity index (χ0v) is 7.64. The van der Waals surface area contributed by atoms with Crippen molar-refractivity contribution in [2.45, 2.75) is 26.2 Å². The van der Waals surface area contributed by atoms with Gasteiger partial charge in [0, 0.05) is 26.9 Å². The van der Waals surface area contributed by atoms with Gasteiger partial charge in [0.05, 0.1) is 0 Å². The predicted molar refractivity (Wildman–Crippen MR) is 46.6 cm³/mol. The van der Waals surface area contributed by atoms with Crippen molar-refractivity contribution in [2.75, 3.05) is 13.6 Å². The van der Waals surface area contributed by atoms with E-state index in [1.165, 1.54) is 6.92 Å². The maximum Gasteiger partial charge on any atom is 0.219 e. The molecule has 0 bridgehead atoms. The molecule has 0 heterocycles. The molecule has 0 rings (SSSR count). The van der Waals surface area contributed by atoms with E-state index in [9.17, 15) is 9.59 Å². The molecule has 0 saturated carbocycles. The van der Waals surface area contributed by atoms with Crippen molar-refractivity contribution in [1.82, 2.24) is 10.6 Å². The highest BCUT2D eigenvalue weighted by Crippen LogP contribution is 1.92. The van der Waals surface area contributed by atoms with Gasteiger partial charge in [-0.25, -0.2) is 0 Å². The highest BCUT2D eigenvalue weighted by molar-refractivity contribution is 5.75. The summed E-state index contributed by atoms with van der Waals surface area (Å²) in [6, 6.07) is 0. The van der Waals surface area contributed by atoms with E-state index < -0.39 is 0 Å². The minimum atomic E-state index is -0.0186. The maximum absolute atomic E-state index is 10.7. The largest absolute Gasteiger partial charge is 0.359 e. The standard InChI is InChI=1S/C8H16N2O2/c1-7(11)10-6-4-3-5-8(12)9-2/h3-6H2,1-2H3,(H,9,12)(H,10,11). The van der Waals surface area contributed by atoms with Gasteiger partial charge >= 0.3 is 0 Å². The second-order valence-electron chi connectivity index (χ2n) is 2.61. The molecule has 0 atom stereocenters. The third kappa shape index (κ3) is 7.05. The molecule has 12 heavy (non-hydrogen) atoms. The minimum Gasteiger partial charge on any atom is -0.359 e. The Hall–Kier alpha value is -1.06. The Morgan fingerprint density at radius 3 is 2.42 bits per heavy atom. The van der Waals surface area contributed by atoms with Crippen LogP contribution in [-0.2, 0) is 9.59 Å². The summed E-state index contributed by atoms with van der Waals surface area (Å²) in [4.78, 5) is 21.1. The van der Waals surface area contributed by atoms with Gasteiger partial charge in [0.15, 0.2) is 0 Å². The molecular formula is C8H16N2O2. The van der Waals surface area contributed by atoms with E-state index in [1.807, 2.05) is 0 Å². The number of hydrogen-bond acceptors (Lipinski definition) is 2. The lowest BCUT2D eigenvalue weighted by molar-refractivity contribution is -0.120. The summed E-state index contributed by atoms with van der Waals surface area (Å²) in [5, 5.41) is 5.20. The quantitative estimate of drug-likeness (QED) is 0.575. The number of nitrogens with one attached hydrogen (secondary N) is 2. The van der Waals surface area contributed by atoms with E-state index in [0.29, 0.717) is 13.0 Å². The normalized spacial score (nSPS) is 9.17. The summed E-state index contributed by atoms with van der Waals surface area (Å²) in [5.41, 5.74) is 0. The van der Waals surface area contributed by atoms with E-state index in [-0.39, 0.29) is 11.8 Å². The van der Waals surface area contributed by atoms with E-state index in [1.54, 1.807) is 7.05 Å². The van der Waals surface area contributed by atoms with Gasteiger partial charge < -0.3 is 10.6 Å². The summed E-state index contributed by atoms with van der Waals surface area (Å²) in [6.45, 7) is 2.14. The summed E-state index contributed by atoms with van der Waals surface area (Å²) >= 11 is 0. The highest BCUT2D eigenvalue weighted by atomic mass is 16.2. The van der Waals surface area contributed by atoms with Gasteiger partial charge in [-0.15, -0.1) is 0 Å². The lowest BCUT2D eigenvalue weighted by Gasteiger charge is -2.01. The van der Waals surface area contributed by atoms with Gasteiger partial charge in [0.25, 0.3) is 0 Å². The molecule has 70 valence electrons. The molecule has 0 aliphatic heterocycles. The molecule has 0 aromatic heterocycles. The topological polar surface area (TPSA) is 58.2 Å². The van der Waals surface area contributed by atoms with Crippen LogP contribution in [0.2, 0.25) is 0 Å². The number of carbonyl (C=O) groups excluding carboxylic acids is 2. The first kappa shape index (κ1) is 10.9. The molecule has 0 spiro atoms. The zero-order valence-electron chi connectivity index (χ0n) is 7.64. The Balaban J connectivity index is 3.11. The summed E-state index contributed by atoms with van der Waals surface area (Å²) in [6.07, 6.45) is 2.21. The molecule has 2 amide bonds. The number of unbranched alkanes of at least 4 members (excludes halogenated alkanes) is 1. The third-order valence-electron chi connectivity index (χ3n) is 1.48. The van der Waals surface area contributed by atoms with E-state index in [4.69, 9.17) is 0 Å². The van der Waals surface area contributed by atoms with E-state index in [2.05, 4.69) is 10.6 Å². The Labute approximate surface area is 72.7 Å². The number of hydrogen-bond donors (Lipinski definition) is 2. The summed E-state index contributed by atoms with van der Waals surface area (Å²) < 4.78 is 0. The molecule has 0 saturated heterocycles. The molecule has 0 aliphatic carbocycles. The fraction of sp³-hybridized carbons (Fsp3) is 0.750. The molecule has 0 unspecified atom stereocenters. The van der Waals surface area contributed by atoms with Crippen molar-refractivity contribution < 1.29 is 9.59 Å². The first-order valence-electron chi connectivity index (χ1n) is 4.12. The predicted octanol–water partition coefficient (Wildman–Crippen LogP) is 0.0388.